The van der Waals surface area contributed by atoms with Crippen LogP contribution in [0, 0.1) is 9.54 Å². The number of hydrogen-bond acceptors (Lipinski definition) is 5. The Bertz CT molecular complexity index is 896. The quantitative estimate of drug-likeness (QED) is 0.182. The maximum Gasteiger partial charge on any atom is 0.209 e. The maximum atomic E-state index is 10.7. The van der Waals surface area contributed by atoms with Gasteiger partial charge in [-0.1, -0.05) is 93.9 Å². The summed E-state index contributed by atoms with van der Waals surface area (Å²) in [5.74, 6) is 0.806. The van der Waals surface area contributed by atoms with Crippen molar-refractivity contribution in [2.75, 3.05) is 5.32 Å². The number of phenols is 1. The van der Waals surface area contributed by atoms with Crippen molar-refractivity contribution < 1.29 is 5.11 Å². The molecule has 4 N–H and O–H groups in total. The van der Waals surface area contributed by atoms with Crippen molar-refractivity contribution in [2.45, 2.75) is 105 Å². The summed E-state index contributed by atoms with van der Waals surface area (Å²) in [7, 11) is 0. The van der Waals surface area contributed by atoms with Crippen LogP contribution in [-0.4, -0.2) is 20.1 Å². The van der Waals surface area contributed by atoms with Gasteiger partial charge in [0.25, 0.3) is 0 Å². The molecule has 7 heteroatoms. The van der Waals surface area contributed by atoms with E-state index in [2.05, 4.69) is 75.7 Å². The van der Waals surface area contributed by atoms with Crippen LogP contribution in [-0.2, 0) is 10.8 Å². The van der Waals surface area contributed by atoms with Crippen LogP contribution in [0.4, 0.5) is 11.6 Å². The van der Waals surface area contributed by atoms with E-state index in [1.165, 1.54) is 38.5 Å². The van der Waals surface area contributed by atoms with E-state index in [1.54, 1.807) is 0 Å². The van der Waals surface area contributed by atoms with Crippen molar-refractivity contribution in [3.63, 3.8) is 0 Å². The highest BCUT2D eigenvalue weighted by molar-refractivity contribution is 7.71. The first-order valence-corrected chi connectivity index (χ1v) is 12.5. The van der Waals surface area contributed by atoms with Gasteiger partial charge >= 0.3 is 0 Å². The largest absolute Gasteiger partial charge is 0.507 e. The van der Waals surface area contributed by atoms with Crippen LogP contribution in [0.2, 0.25) is 0 Å². The van der Waals surface area contributed by atoms with Crippen LogP contribution in [0.5, 0.6) is 5.75 Å². The van der Waals surface area contributed by atoms with Gasteiger partial charge in [0.15, 0.2) is 4.77 Å². The van der Waals surface area contributed by atoms with E-state index < -0.39 is 0 Å². The van der Waals surface area contributed by atoms with Gasteiger partial charge < -0.3 is 20.4 Å². The molecular weight excluding hydrogens is 436 g/mol. The summed E-state index contributed by atoms with van der Waals surface area (Å²) in [6.45, 7) is 16.9. The SMILES string of the molecule is CC(C)(C)c1cc(Nc2nc(=S)[nH]c(=S)[nH]2)cc(C(C)(C)C)c1O.CCCCCCCC. The average Bonchev–Trinajstić information content (AvgIpc) is 2.64. The van der Waals surface area contributed by atoms with Crippen molar-refractivity contribution in [3.8, 4) is 5.75 Å². The molecule has 0 atom stereocenters. The number of rotatable bonds is 7. The lowest BCUT2D eigenvalue weighted by atomic mass is 9.79. The van der Waals surface area contributed by atoms with Crippen molar-refractivity contribution in [2.24, 2.45) is 0 Å². The fraction of sp³-hybridized carbons (Fsp3) is 0.640. The number of H-pyrrole nitrogens is 2. The molecule has 0 unspecified atom stereocenters. The topological polar surface area (TPSA) is 76.7 Å². The second kappa shape index (κ2) is 12.5. The number of phenolic OH excluding ortho intramolecular Hbond substituents is 1. The highest BCUT2D eigenvalue weighted by Crippen LogP contribution is 2.41. The van der Waals surface area contributed by atoms with Gasteiger partial charge in [-0.25, -0.2) is 0 Å². The normalized spacial score (nSPS) is 11.6. The summed E-state index contributed by atoms with van der Waals surface area (Å²) in [4.78, 5) is 9.89. The molecule has 1 aromatic carbocycles. The molecule has 2 rings (SSSR count). The number of aromatic nitrogens is 3. The molecule has 0 aliphatic rings. The summed E-state index contributed by atoms with van der Waals surface area (Å²) in [6, 6.07) is 3.87. The molecule has 2 aromatic rings. The first-order valence-electron chi connectivity index (χ1n) is 11.6. The third-order valence-corrected chi connectivity index (χ3v) is 5.51. The fourth-order valence-electron chi connectivity index (χ4n) is 3.29. The summed E-state index contributed by atoms with van der Waals surface area (Å²) in [5.41, 5.74) is 2.17. The lowest BCUT2D eigenvalue weighted by Crippen LogP contribution is -2.17. The Morgan fingerprint density at radius 2 is 1.31 bits per heavy atom. The van der Waals surface area contributed by atoms with Gasteiger partial charge in [-0.3, -0.25) is 0 Å². The van der Waals surface area contributed by atoms with Crippen molar-refractivity contribution in [1.29, 1.82) is 0 Å². The minimum atomic E-state index is -0.199. The predicted molar refractivity (Wildman–Crippen MR) is 142 cm³/mol. The zero-order valence-corrected chi connectivity index (χ0v) is 22.7. The summed E-state index contributed by atoms with van der Waals surface area (Å²) < 4.78 is 0.718. The Kier molecular flexibility index (Phi) is 11.1. The van der Waals surface area contributed by atoms with Gasteiger partial charge in [-0.05, 0) is 47.4 Å². The highest BCUT2D eigenvalue weighted by atomic mass is 32.1. The monoisotopic (exact) mass is 478 g/mol. The minimum absolute atomic E-state index is 0.199. The molecular formula is C25H42N4OS2. The number of aromatic amines is 2. The molecule has 5 nitrogen and oxygen atoms in total. The molecule has 0 saturated heterocycles. The van der Waals surface area contributed by atoms with Gasteiger partial charge in [0, 0.05) is 16.8 Å². The van der Waals surface area contributed by atoms with E-state index >= 15 is 0 Å². The Labute approximate surface area is 204 Å². The van der Waals surface area contributed by atoms with Crippen LogP contribution >= 0.6 is 24.4 Å². The number of hydrogen-bond donors (Lipinski definition) is 4. The van der Waals surface area contributed by atoms with E-state index in [4.69, 9.17) is 24.4 Å². The van der Waals surface area contributed by atoms with Crippen molar-refractivity contribution >= 4 is 36.1 Å². The first-order chi connectivity index (χ1) is 14.8. The van der Waals surface area contributed by atoms with Gasteiger partial charge in [-0.15, -0.1) is 0 Å². The molecule has 0 saturated carbocycles. The van der Waals surface area contributed by atoms with E-state index in [-0.39, 0.29) is 10.8 Å². The van der Waals surface area contributed by atoms with E-state index in [9.17, 15) is 5.11 Å². The molecule has 180 valence electrons. The van der Waals surface area contributed by atoms with Gasteiger partial charge in [0.1, 0.15) is 5.75 Å². The van der Waals surface area contributed by atoms with E-state index in [0.29, 0.717) is 21.2 Å². The molecule has 0 fully saturated rings. The Balaban J connectivity index is 0.000000547. The molecule has 32 heavy (non-hydrogen) atoms. The Morgan fingerprint density at radius 3 is 1.69 bits per heavy atom. The number of aromatic hydroxyl groups is 1. The summed E-state index contributed by atoms with van der Waals surface area (Å²) >= 11 is 10.2. The molecule has 0 radical (unpaired) electrons. The maximum absolute atomic E-state index is 10.7. The van der Waals surface area contributed by atoms with Gasteiger partial charge in [-0.2, -0.15) is 4.98 Å². The van der Waals surface area contributed by atoms with E-state index in [0.717, 1.165) is 16.8 Å². The number of anilines is 2. The smallest absolute Gasteiger partial charge is 0.209 e. The third kappa shape index (κ3) is 9.41. The van der Waals surface area contributed by atoms with Crippen LogP contribution in [0.15, 0.2) is 12.1 Å². The first kappa shape index (κ1) is 28.3. The summed E-state index contributed by atoms with van der Waals surface area (Å²) in [5, 5.41) is 14.0. The zero-order valence-electron chi connectivity index (χ0n) is 21.1. The predicted octanol–water partition coefficient (Wildman–Crippen LogP) is 8.61. The molecule has 0 spiro atoms. The van der Waals surface area contributed by atoms with Crippen LogP contribution in [0.25, 0.3) is 0 Å². The molecule has 0 aliphatic carbocycles. The summed E-state index contributed by atoms with van der Waals surface area (Å²) in [6.07, 6.45) is 8.49. The Hall–Kier alpha value is -1.73. The van der Waals surface area contributed by atoms with Crippen molar-refractivity contribution in [1.82, 2.24) is 15.0 Å². The van der Waals surface area contributed by atoms with E-state index in [1.807, 2.05) is 12.1 Å². The Morgan fingerprint density at radius 1 is 0.844 bits per heavy atom. The third-order valence-electron chi connectivity index (χ3n) is 5.11. The van der Waals surface area contributed by atoms with Crippen LogP contribution in [0.3, 0.4) is 0 Å². The fourth-order valence-corrected chi connectivity index (χ4v) is 3.74. The number of unbranched alkanes of at least 4 members (excludes halogenated alkanes) is 5. The van der Waals surface area contributed by atoms with Gasteiger partial charge in [0.05, 0.1) is 0 Å². The van der Waals surface area contributed by atoms with Crippen LogP contribution in [0.1, 0.15) is 105 Å². The standard InChI is InChI=1S/C17H24N4OS2.C8H18/c1-16(2,3)10-7-9(8-11(12(10)22)17(4,5)6)18-13-19-14(23)21-15(24)20-13;1-3-5-7-8-6-4-2/h7-8,22H,1-6H3,(H3,18,19,20,21,23,24);3-8H2,1-2H3. The minimum Gasteiger partial charge on any atom is -0.507 e. The number of benzene rings is 1. The molecule has 0 amide bonds. The van der Waals surface area contributed by atoms with Crippen LogP contribution < -0.4 is 5.32 Å². The zero-order chi connectivity index (χ0) is 24.5. The number of nitrogens with zero attached hydrogens (tertiary/aromatic N) is 1. The average molecular weight is 479 g/mol. The van der Waals surface area contributed by atoms with Gasteiger partial charge in [0.2, 0.25) is 10.7 Å². The molecule has 0 aliphatic heterocycles. The van der Waals surface area contributed by atoms with Crippen molar-refractivity contribution in [3.05, 3.63) is 32.8 Å². The molecule has 1 heterocycles. The second-order valence-electron chi connectivity index (χ2n) is 10.3. The second-order valence-corrected chi connectivity index (χ2v) is 11.1. The highest BCUT2D eigenvalue weighted by Gasteiger charge is 2.26. The number of nitrogens with one attached hydrogen (secondary N) is 3. The lowest BCUT2D eigenvalue weighted by Gasteiger charge is -2.28. The molecule has 1 aromatic heterocycles. The molecule has 0 bridgehead atoms. The lowest BCUT2D eigenvalue weighted by molar-refractivity contribution is 0.423.